The number of fused-ring (bicyclic) bond motifs is 1. The number of hydrogen-bond donors (Lipinski definition) is 2. The number of carbonyl (C=O) groups is 1. The number of halogens is 3. The van der Waals surface area contributed by atoms with Crippen molar-refractivity contribution in [3.63, 3.8) is 0 Å². The van der Waals surface area contributed by atoms with Gasteiger partial charge in [0, 0.05) is 36.0 Å². The van der Waals surface area contributed by atoms with Gasteiger partial charge in [0.25, 0.3) is 0 Å². The minimum atomic E-state index is -4.41. The van der Waals surface area contributed by atoms with Gasteiger partial charge in [-0.15, -0.1) is 0 Å². The van der Waals surface area contributed by atoms with Gasteiger partial charge in [0.15, 0.2) is 0 Å². The number of amides is 1. The molecule has 6 heteroatoms. The van der Waals surface area contributed by atoms with E-state index in [0.29, 0.717) is 5.56 Å². The second kappa shape index (κ2) is 8.91. The lowest BCUT2D eigenvalue weighted by Gasteiger charge is -2.18. The Kier molecular flexibility index (Phi) is 6.04. The summed E-state index contributed by atoms with van der Waals surface area (Å²) in [4.78, 5) is 16.1. The molecule has 164 valence electrons. The zero-order chi connectivity index (χ0) is 22.7. The number of benzene rings is 3. The molecule has 32 heavy (non-hydrogen) atoms. The Hall–Kier alpha value is -3.54. The molecule has 1 heterocycles. The number of rotatable bonds is 6. The van der Waals surface area contributed by atoms with Crippen LogP contribution >= 0.6 is 0 Å². The fourth-order valence-corrected chi connectivity index (χ4v) is 3.99. The monoisotopic (exact) mass is 436 g/mol. The molecular formula is C26H23F3N2O. The minimum Gasteiger partial charge on any atom is -0.361 e. The van der Waals surface area contributed by atoms with Gasteiger partial charge < -0.3 is 10.3 Å². The lowest BCUT2D eigenvalue weighted by molar-refractivity contribution is -0.137. The summed E-state index contributed by atoms with van der Waals surface area (Å²) in [6, 6.07) is 21.0. The SMILES string of the molecule is Cc1cccc(C(CC(=O)NCc2cccc(C(F)(F)F)c2)c2c[nH]c3ccccc23)c1. The molecule has 4 rings (SSSR count). The van der Waals surface area contributed by atoms with Gasteiger partial charge in [0.05, 0.1) is 5.56 Å². The molecule has 0 spiro atoms. The van der Waals surface area contributed by atoms with Crippen molar-refractivity contribution < 1.29 is 18.0 Å². The van der Waals surface area contributed by atoms with Gasteiger partial charge in [0.2, 0.25) is 5.91 Å². The number of H-pyrrole nitrogens is 1. The Morgan fingerprint density at radius 2 is 1.78 bits per heavy atom. The van der Waals surface area contributed by atoms with Crippen molar-refractivity contribution in [2.24, 2.45) is 0 Å². The molecule has 0 aliphatic heterocycles. The summed E-state index contributed by atoms with van der Waals surface area (Å²) in [6.45, 7) is 2.04. The summed E-state index contributed by atoms with van der Waals surface area (Å²) in [5, 5.41) is 3.83. The van der Waals surface area contributed by atoms with E-state index in [1.54, 1.807) is 6.07 Å². The van der Waals surface area contributed by atoms with Crippen LogP contribution in [-0.2, 0) is 17.5 Å². The first-order valence-electron chi connectivity index (χ1n) is 10.4. The van der Waals surface area contributed by atoms with Crippen molar-refractivity contribution in [2.45, 2.75) is 32.0 Å². The number of aromatic amines is 1. The molecule has 0 radical (unpaired) electrons. The van der Waals surface area contributed by atoms with Gasteiger partial charge in [0.1, 0.15) is 0 Å². The minimum absolute atomic E-state index is 0.0389. The van der Waals surface area contributed by atoms with Crippen LogP contribution in [0, 0.1) is 6.92 Å². The fraction of sp³-hybridized carbons (Fsp3) is 0.192. The van der Waals surface area contributed by atoms with Crippen LogP contribution in [0.2, 0.25) is 0 Å². The lowest BCUT2D eigenvalue weighted by Crippen LogP contribution is -2.25. The molecule has 2 N–H and O–H groups in total. The topological polar surface area (TPSA) is 44.9 Å². The van der Waals surface area contributed by atoms with Crippen LogP contribution in [0.25, 0.3) is 10.9 Å². The van der Waals surface area contributed by atoms with Crippen LogP contribution in [0.5, 0.6) is 0 Å². The summed E-state index contributed by atoms with van der Waals surface area (Å²) in [5.41, 5.74) is 3.80. The number of alkyl halides is 3. The molecule has 1 amide bonds. The lowest BCUT2D eigenvalue weighted by atomic mass is 9.87. The Morgan fingerprint density at radius 3 is 2.56 bits per heavy atom. The molecule has 0 fully saturated rings. The van der Waals surface area contributed by atoms with Crippen molar-refractivity contribution in [3.05, 3.63) is 107 Å². The van der Waals surface area contributed by atoms with Crippen LogP contribution in [0.1, 0.15) is 40.2 Å². The molecule has 1 aromatic heterocycles. The number of para-hydroxylation sites is 1. The quantitative estimate of drug-likeness (QED) is 0.364. The summed E-state index contributed by atoms with van der Waals surface area (Å²) in [6.07, 6.45) is -2.30. The average Bonchev–Trinajstić information content (AvgIpc) is 3.19. The first kappa shape index (κ1) is 21.7. The molecule has 0 saturated carbocycles. The second-order valence-electron chi connectivity index (χ2n) is 7.94. The molecule has 1 unspecified atom stereocenters. The predicted molar refractivity (Wildman–Crippen MR) is 119 cm³/mol. The van der Waals surface area contributed by atoms with Crippen LogP contribution in [0.3, 0.4) is 0 Å². The van der Waals surface area contributed by atoms with Crippen LogP contribution in [0.15, 0.2) is 79.0 Å². The zero-order valence-corrected chi connectivity index (χ0v) is 17.5. The Bertz CT molecular complexity index is 1240. The third-order valence-corrected chi connectivity index (χ3v) is 5.57. The molecule has 0 bridgehead atoms. The van der Waals surface area contributed by atoms with E-state index in [9.17, 15) is 18.0 Å². The van der Waals surface area contributed by atoms with Gasteiger partial charge in [-0.1, -0.05) is 60.2 Å². The van der Waals surface area contributed by atoms with Gasteiger partial charge in [-0.05, 0) is 41.8 Å². The third kappa shape index (κ3) is 4.85. The van der Waals surface area contributed by atoms with E-state index in [1.807, 2.05) is 55.6 Å². The zero-order valence-electron chi connectivity index (χ0n) is 17.5. The molecule has 0 aliphatic carbocycles. The molecule has 1 atom stereocenters. The molecular weight excluding hydrogens is 413 g/mol. The van der Waals surface area contributed by atoms with Crippen molar-refractivity contribution >= 4 is 16.8 Å². The average molecular weight is 436 g/mol. The Balaban J connectivity index is 1.56. The van der Waals surface area contributed by atoms with Crippen molar-refractivity contribution in [1.29, 1.82) is 0 Å². The molecule has 4 aromatic rings. The first-order chi connectivity index (χ1) is 15.3. The maximum Gasteiger partial charge on any atom is 0.416 e. The number of aromatic nitrogens is 1. The highest BCUT2D eigenvalue weighted by Crippen LogP contribution is 2.34. The fourth-order valence-electron chi connectivity index (χ4n) is 3.99. The van der Waals surface area contributed by atoms with Crippen LogP contribution in [0.4, 0.5) is 13.2 Å². The van der Waals surface area contributed by atoms with E-state index in [1.165, 1.54) is 6.07 Å². The summed E-state index contributed by atoms with van der Waals surface area (Å²) >= 11 is 0. The van der Waals surface area contributed by atoms with Crippen LogP contribution < -0.4 is 5.32 Å². The summed E-state index contributed by atoms with van der Waals surface area (Å²) in [5.74, 6) is -0.410. The highest BCUT2D eigenvalue weighted by molar-refractivity contribution is 5.86. The normalized spacial score (nSPS) is 12.6. The van der Waals surface area contributed by atoms with Gasteiger partial charge in [-0.2, -0.15) is 13.2 Å². The van der Waals surface area contributed by atoms with E-state index in [0.717, 1.165) is 39.7 Å². The number of carbonyl (C=O) groups excluding carboxylic acids is 1. The molecule has 0 aliphatic rings. The van der Waals surface area contributed by atoms with E-state index in [2.05, 4.69) is 16.4 Å². The van der Waals surface area contributed by atoms with E-state index >= 15 is 0 Å². The number of nitrogens with one attached hydrogen (secondary N) is 2. The highest BCUT2D eigenvalue weighted by atomic mass is 19.4. The van der Waals surface area contributed by atoms with Crippen LogP contribution in [-0.4, -0.2) is 10.9 Å². The highest BCUT2D eigenvalue weighted by Gasteiger charge is 2.30. The van der Waals surface area contributed by atoms with Crippen molar-refractivity contribution in [1.82, 2.24) is 10.3 Å². The van der Waals surface area contributed by atoms with Crippen molar-refractivity contribution in [2.75, 3.05) is 0 Å². The number of aryl methyl sites for hydroxylation is 1. The maximum absolute atomic E-state index is 13.0. The molecule has 3 nitrogen and oxygen atoms in total. The smallest absolute Gasteiger partial charge is 0.361 e. The summed E-state index contributed by atoms with van der Waals surface area (Å²) in [7, 11) is 0. The largest absolute Gasteiger partial charge is 0.416 e. The van der Waals surface area contributed by atoms with Crippen molar-refractivity contribution in [3.8, 4) is 0 Å². The van der Waals surface area contributed by atoms with E-state index in [4.69, 9.17) is 0 Å². The molecule has 3 aromatic carbocycles. The predicted octanol–water partition coefficient (Wildman–Crippen LogP) is 6.33. The number of hydrogen-bond acceptors (Lipinski definition) is 1. The Morgan fingerprint density at radius 1 is 1.00 bits per heavy atom. The van der Waals surface area contributed by atoms with E-state index < -0.39 is 11.7 Å². The maximum atomic E-state index is 13.0. The van der Waals surface area contributed by atoms with Gasteiger partial charge in [-0.3, -0.25) is 4.79 Å². The third-order valence-electron chi connectivity index (χ3n) is 5.57. The second-order valence-corrected chi connectivity index (χ2v) is 7.94. The van der Waals surface area contributed by atoms with E-state index in [-0.39, 0.29) is 24.8 Å². The standard InChI is InChI=1S/C26H23F3N2O/c1-17-6-4-8-19(12-17)22(23-16-30-24-11-3-2-10-21(23)24)14-25(32)31-15-18-7-5-9-20(13-18)26(27,28)29/h2-13,16,22,30H,14-15H2,1H3,(H,31,32). The van der Waals surface area contributed by atoms with Gasteiger partial charge in [-0.25, -0.2) is 0 Å². The Labute approximate surface area is 184 Å². The first-order valence-corrected chi connectivity index (χ1v) is 10.4. The summed E-state index contributed by atoms with van der Waals surface area (Å²) < 4.78 is 38.9. The molecule has 0 saturated heterocycles. The van der Waals surface area contributed by atoms with Gasteiger partial charge >= 0.3 is 6.18 Å².